The molecule has 0 aromatic heterocycles. The predicted molar refractivity (Wildman–Crippen MR) is 31.9 cm³/mol. The monoisotopic (exact) mass is 153 g/mol. The van der Waals surface area contributed by atoms with E-state index in [2.05, 4.69) is 10.5 Å². The standard InChI is InChI=1S/C3H7NO.H3NO2S/c1-2-5-3-4-1;1-4(2)3/h4H,1-3H2;1H2,(H,2,3)/p-1. The number of nitrogens with two attached hydrogens (primary N) is 1. The molecule has 0 aliphatic carbocycles. The van der Waals surface area contributed by atoms with Crippen LogP contribution in [0.1, 0.15) is 0 Å². The lowest BCUT2D eigenvalue weighted by molar-refractivity contribution is 0.194. The highest BCUT2D eigenvalue weighted by atomic mass is 32.2. The summed E-state index contributed by atoms with van der Waals surface area (Å²) in [5.41, 5.74) is 0. The first-order valence-corrected chi connectivity index (χ1v) is 3.49. The average Bonchev–Trinajstić information content (AvgIpc) is 2.11. The molecule has 5 nitrogen and oxygen atoms in total. The van der Waals surface area contributed by atoms with Gasteiger partial charge in [0, 0.05) is 17.8 Å². The van der Waals surface area contributed by atoms with Crippen molar-refractivity contribution in [2.75, 3.05) is 19.9 Å². The minimum atomic E-state index is -2.36. The second-order valence-corrected chi connectivity index (χ2v) is 1.83. The van der Waals surface area contributed by atoms with Crippen molar-refractivity contribution in [3.8, 4) is 0 Å². The van der Waals surface area contributed by atoms with Crippen LogP contribution in [0.5, 0.6) is 0 Å². The van der Waals surface area contributed by atoms with Gasteiger partial charge in [-0.2, -0.15) is 0 Å². The molecule has 1 heterocycles. The van der Waals surface area contributed by atoms with Crippen molar-refractivity contribution in [3.63, 3.8) is 0 Å². The lowest BCUT2D eigenvalue weighted by Crippen LogP contribution is -2.05. The van der Waals surface area contributed by atoms with Gasteiger partial charge in [-0.1, -0.05) is 0 Å². The number of hydrogen-bond acceptors (Lipinski definition) is 4. The van der Waals surface area contributed by atoms with Crippen LogP contribution in [0.3, 0.4) is 0 Å². The van der Waals surface area contributed by atoms with Crippen molar-refractivity contribution in [3.05, 3.63) is 0 Å². The normalized spacial score (nSPS) is 20.2. The first kappa shape index (κ1) is 8.99. The third-order valence-electron chi connectivity index (χ3n) is 0.627. The van der Waals surface area contributed by atoms with E-state index < -0.39 is 11.3 Å². The summed E-state index contributed by atoms with van der Waals surface area (Å²) in [6, 6.07) is 0. The summed E-state index contributed by atoms with van der Waals surface area (Å²) >= 11 is -2.36. The first-order chi connectivity index (χ1) is 4.23. The molecule has 1 aliphatic rings. The molecule has 6 heteroatoms. The van der Waals surface area contributed by atoms with Gasteiger partial charge in [-0.25, -0.2) is 0 Å². The lowest BCUT2D eigenvalue weighted by Gasteiger charge is -1.85. The Bertz CT molecular complexity index is 73.5. The van der Waals surface area contributed by atoms with Crippen molar-refractivity contribution >= 4 is 11.3 Å². The van der Waals surface area contributed by atoms with Gasteiger partial charge in [0.15, 0.2) is 0 Å². The molecule has 1 unspecified atom stereocenters. The number of nitrogens with one attached hydrogen (secondary N) is 1. The van der Waals surface area contributed by atoms with Crippen LogP contribution in [-0.4, -0.2) is 28.6 Å². The smallest absolute Gasteiger partial charge is 0.0966 e. The summed E-state index contributed by atoms with van der Waals surface area (Å²) in [5, 5.41) is 7.03. The van der Waals surface area contributed by atoms with Crippen LogP contribution in [0.2, 0.25) is 0 Å². The molecule has 1 fully saturated rings. The fourth-order valence-corrected chi connectivity index (χ4v) is 0.361. The zero-order valence-electron chi connectivity index (χ0n) is 4.83. The molecule has 0 amide bonds. The Morgan fingerprint density at radius 2 is 2.33 bits per heavy atom. The minimum absolute atomic E-state index is 0.750. The van der Waals surface area contributed by atoms with Gasteiger partial charge in [-0.15, -0.1) is 0 Å². The Morgan fingerprint density at radius 1 is 1.78 bits per heavy atom. The quantitative estimate of drug-likeness (QED) is 0.406. The van der Waals surface area contributed by atoms with Crippen LogP contribution < -0.4 is 10.5 Å². The topological polar surface area (TPSA) is 87.4 Å². The van der Waals surface area contributed by atoms with E-state index >= 15 is 0 Å². The molecule has 0 radical (unpaired) electrons. The fraction of sp³-hybridized carbons (Fsp3) is 1.00. The Balaban J connectivity index is 0.000000148. The Kier molecular flexibility index (Phi) is 6.11. The Hall–Kier alpha value is -0.0100. The largest absolute Gasteiger partial charge is 0.760 e. The van der Waals surface area contributed by atoms with Gasteiger partial charge in [0.2, 0.25) is 0 Å². The maximum atomic E-state index is 8.78. The van der Waals surface area contributed by atoms with Crippen molar-refractivity contribution in [1.29, 1.82) is 0 Å². The van der Waals surface area contributed by atoms with E-state index in [1.807, 2.05) is 0 Å². The van der Waals surface area contributed by atoms with Gasteiger partial charge in [0.05, 0.1) is 13.3 Å². The molecular weight excluding hydrogens is 144 g/mol. The molecular formula is C3H9N2O3S-. The van der Waals surface area contributed by atoms with E-state index in [4.69, 9.17) is 13.5 Å². The van der Waals surface area contributed by atoms with Crippen LogP contribution >= 0.6 is 0 Å². The minimum Gasteiger partial charge on any atom is -0.760 e. The van der Waals surface area contributed by atoms with E-state index in [-0.39, 0.29) is 0 Å². The zero-order chi connectivity index (χ0) is 7.11. The van der Waals surface area contributed by atoms with Gasteiger partial charge in [0.1, 0.15) is 0 Å². The van der Waals surface area contributed by atoms with Crippen molar-refractivity contribution < 1.29 is 13.5 Å². The average molecular weight is 153 g/mol. The summed E-state index contributed by atoms with van der Waals surface area (Å²) in [5.74, 6) is 0. The molecule has 3 N–H and O–H groups in total. The van der Waals surface area contributed by atoms with Gasteiger partial charge in [-0.05, 0) is 0 Å². The van der Waals surface area contributed by atoms with Crippen LogP contribution in [0.25, 0.3) is 0 Å². The second-order valence-electron chi connectivity index (χ2n) is 1.31. The SMILES string of the molecule is C1COCN1.NS(=O)[O-]. The van der Waals surface area contributed by atoms with E-state index in [1.165, 1.54) is 0 Å². The summed E-state index contributed by atoms with van der Waals surface area (Å²) in [7, 11) is 0. The molecule has 0 spiro atoms. The molecule has 9 heavy (non-hydrogen) atoms. The Labute approximate surface area is 56.0 Å². The molecule has 1 aliphatic heterocycles. The third-order valence-corrected chi connectivity index (χ3v) is 0.627. The van der Waals surface area contributed by atoms with Crippen LogP contribution in [0.4, 0.5) is 0 Å². The van der Waals surface area contributed by atoms with Gasteiger partial charge in [-0.3, -0.25) is 14.7 Å². The molecule has 0 aromatic carbocycles. The third kappa shape index (κ3) is 11.5. The summed E-state index contributed by atoms with van der Waals surface area (Å²) in [6.07, 6.45) is 0. The molecule has 1 atom stereocenters. The lowest BCUT2D eigenvalue weighted by atomic mass is 10.7. The van der Waals surface area contributed by atoms with E-state index in [9.17, 15) is 0 Å². The number of rotatable bonds is 0. The van der Waals surface area contributed by atoms with E-state index in [1.54, 1.807) is 0 Å². The van der Waals surface area contributed by atoms with Crippen molar-refractivity contribution in [2.45, 2.75) is 0 Å². The maximum Gasteiger partial charge on any atom is 0.0966 e. The van der Waals surface area contributed by atoms with E-state index in [0.717, 1.165) is 19.9 Å². The maximum absolute atomic E-state index is 8.78. The number of hydrogen-bond donors (Lipinski definition) is 2. The summed E-state index contributed by atoms with van der Waals surface area (Å²) in [6.45, 7) is 2.67. The van der Waals surface area contributed by atoms with Crippen molar-refractivity contribution in [2.24, 2.45) is 5.14 Å². The molecule has 0 saturated carbocycles. The van der Waals surface area contributed by atoms with E-state index in [0.29, 0.717) is 0 Å². The second kappa shape index (κ2) is 6.12. The highest BCUT2D eigenvalue weighted by Crippen LogP contribution is 1.75. The summed E-state index contributed by atoms with van der Waals surface area (Å²) in [4.78, 5) is 0. The van der Waals surface area contributed by atoms with Crippen molar-refractivity contribution in [1.82, 2.24) is 5.32 Å². The van der Waals surface area contributed by atoms with Crippen LogP contribution in [-0.2, 0) is 16.0 Å². The molecule has 1 saturated heterocycles. The van der Waals surface area contributed by atoms with Crippen LogP contribution in [0.15, 0.2) is 0 Å². The molecule has 1 rings (SSSR count). The predicted octanol–water partition coefficient (Wildman–Crippen LogP) is -1.70. The number of ether oxygens (including phenoxy) is 1. The zero-order valence-corrected chi connectivity index (χ0v) is 5.65. The molecule has 56 valence electrons. The molecule has 0 bridgehead atoms. The van der Waals surface area contributed by atoms with Gasteiger partial charge in [0.25, 0.3) is 0 Å². The Morgan fingerprint density at radius 3 is 2.44 bits per heavy atom. The molecule has 0 aromatic rings. The van der Waals surface area contributed by atoms with Gasteiger partial charge < -0.3 is 9.29 Å². The highest BCUT2D eigenvalue weighted by Gasteiger charge is 1.92. The highest BCUT2D eigenvalue weighted by molar-refractivity contribution is 7.76. The first-order valence-electron chi connectivity index (χ1n) is 2.35. The van der Waals surface area contributed by atoms with Crippen LogP contribution in [0, 0.1) is 0 Å². The summed E-state index contributed by atoms with van der Waals surface area (Å²) < 4.78 is 22.4. The van der Waals surface area contributed by atoms with Gasteiger partial charge >= 0.3 is 0 Å². The fourth-order valence-electron chi connectivity index (χ4n) is 0.361.